The molecule has 1 aliphatic rings. The van der Waals surface area contributed by atoms with Crippen LogP contribution in [0.2, 0.25) is 0 Å². The number of aliphatic hydroxyl groups excluding tert-OH is 1. The van der Waals surface area contributed by atoms with Crippen molar-refractivity contribution in [3.8, 4) is 0 Å². The lowest BCUT2D eigenvalue weighted by Gasteiger charge is -2.20. The smallest absolute Gasteiger partial charge is 0.335 e. The van der Waals surface area contributed by atoms with Gasteiger partial charge in [0.05, 0.1) is 18.7 Å². The Morgan fingerprint density at radius 2 is 1.77 bits per heavy atom. The van der Waals surface area contributed by atoms with E-state index in [9.17, 15) is 23.5 Å². The highest BCUT2D eigenvalue weighted by Gasteiger charge is 2.40. The number of anilines is 1. The van der Waals surface area contributed by atoms with Crippen LogP contribution in [0.4, 0.5) is 14.6 Å². The van der Waals surface area contributed by atoms with Crippen molar-refractivity contribution in [2.45, 2.75) is 32.5 Å². The maximum atomic E-state index is 14.5. The van der Waals surface area contributed by atoms with E-state index >= 15 is 0 Å². The third-order valence-corrected chi connectivity index (χ3v) is 5.74. The van der Waals surface area contributed by atoms with E-state index in [1.807, 2.05) is 12.1 Å². The molecule has 182 valence electrons. The zero-order valence-electron chi connectivity index (χ0n) is 19.0. The van der Waals surface area contributed by atoms with Gasteiger partial charge in [0.15, 0.2) is 0 Å². The van der Waals surface area contributed by atoms with Crippen molar-refractivity contribution in [1.82, 2.24) is 15.1 Å². The predicted octanol–water partition coefficient (Wildman–Crippen LogP) is 3.61. The minimum atomic E-state index is -3.36. The lowest BCUT2D eigenvalue weighted by molar-refractivity contribution is 0.0111. The van der Waals surface area contributed by atoms with Gasteiger partial charge in [-0.25, -0.2) is 9.48 Å². The monoisotopic (exact) mass is 482 g/mol. The van der Waals surface area contributed by atoms with Gasteiger partial charge < -0.3 is 20.4 Å². The normalized spacial score (nSPS) is 13.0. The van der Waals surface area contributed by atoms with Crippen molar-refractivity contribution in [1.29, 1.82) is 0 Å². The van der Waals surface area contributed by atoms with Crippen LogP contribution in [-0.4, -0.2) is 38.4 Å². The molecular weight excluding hydrogens is 458 g/mol. The second-order valence-electron chi connectivity index (χ2n) is 8.37. The highest BCUT2D eigenvalue weighted by atomic mass is 19.3. The van der Waals surface area contributed by atoms with Crippen LogP contribution in [0.3, 0.4) is 0 Å². The number of aliphatic hydroxyl groups is 1. The molecule has 2 aromatic carbocycles. The fraction of sp³-hybridized carbons (Fsp3) is 0.240. The minimum absolute atomic E-state index is 0.0659. The van der Waals surface area contributed by atoms with Crippen LogP contribution < -0.4 is 10.2 Å². The molecule has 0 fully saturated rings. The number of rotatable bonds is 8. The van der Waals surface area contributed by atoms with Gasteiger partial charge in [-0.15, -0.1) is 0 Å². The minimum Gasteiger partial charge on any atom is -0.478 e. The number of nitrogens with zero attached hydrogens (tertiary/aromatic N) is 3. The summed E-state index contributed by atoms with van der Waals surface area (Å²) in [6.45, 7) is 5.52. The Bertz CT molecular complexity index is 1300. The Kier molecular flexibility index (Phi) is 6.40. The number of benzene rings is 2. The summed E-state index contributed by atoms with van der Waals surface area (Å²) in [5.41, 5.74) is 1.34. The molecule has 10 heteroatoms. The number of carbonyl (C=O) groups excluding carboxylic acids is 1. The molecule has 1 aliphatic heterocycles. The molecule has 0 saturated heterocycles. The Morgan fingerprint density at radius 3 is 2.40 bits per heavy atom. The average molecular weight is 482 g/mol. The van der Waals surface area contributed by atoms with Gasteiger partial charge in [-0.2, -0.15) is 13.9 Å². The van der Waals surface area contributed by atoms with Crippen molar-refractivity contribution in [3.63, 3.8) is 0 Å². The Hall–Kier alpha value is -4.05. The molecular formula is C25H24F2N4O4. The number of carbonyl (C=O) groups is 2. The highest BCUT2D eigenvalue weighted by Crippen LogP contribution is 2.37. The first kappa shape index (κ1) is 24.1. The Balaban J connectivity index is 1.65. The van der Waals surface area contributed by atoms with Crippen LogP contribution in [0.25, 0.3) is 5.70 Å². The van der Waals surface area contributed by atoms with Gasteiger partial charge in [-0.05, 0) is 28.8 Å². The molecule has 0 aliphatic carbocycles. The maximum absolute atomic E-state index is 14.5. The second kappa shape index (κ2) is 9.30. The van der Waals surface area contributed by atoms with E-state index in [1.54, 1.807) is 17.0 Å². The number of nitrogens with one attached hydrogen (secondary N) is 1. The van der Waals surface area contributed by atoms with Crippen LogP contribution in [0.5, 0.6) is 0 Å². The molecule has 0 radical (unpaired) electrons. The number of carboxylic acids is 1. The van der Waals surface area contributed by atoms with Crippen molar-refractivity contribution in [2.75, 3.05) is 11.4 Å². The fourth-order valence-electron chi connectivity index (χ4n) is 4.05. The third kappa shape index (κ3) is 4.92. The summed E-state index contributed by atoms with van der Waals surface area (Å²) in [6, 6.07) is 12.9. The van der Waals surface area contributed by atoms with Gasteiger partial charge >= 0.3 is 5.97 Å². The number of hydrogen-bond acceptors (Lipinski definition) is 5. The summed E-state index contributed by atoms with van der Waals surface area (Å²) in [6.07, 6.45) is 0. The van der Waals surface area contributed by atoms with E-state index < -0.39 is 23.5 Å². The lowest BCUT2D eigenvalue weighted by Crippen LogP contribution is -2.28. The second-order valence-corrected chi connectivity index (χ2v) is 8.37. The molecule has 0 atom stereocenters. The average Bonchev–Trinajstić information content (AvgIpc) is 3.39. The van der Waals surface area contributed by atoms with E-state index in [1.165, 1.54) is 28.9 Å². The molecule has 2 heterocycles. The number of aromatic nitrogens is 2. The number of aromatic carboxylic acids is 1. The van der Waals surface area contributed by atoms with E-state index in [0.717, 1.165) is 11.1 Å². The fourth-order valence-corrected chi connectivity index (χ4v) is 4.05. The molecule has 0 unspecified atom stereocenters. The van der Waals surface area contributed by atoms with Crippen LogP contribution in [0.15, 0.2) is 55.1 Å². The number of alkyl halides is 2. The van der Waals surface area contributed by atoms with Gasteiger partial charge in [0.25, 0.3) is 11.8 Å². The summed E-state index contributed by atoms with van der Waals surface area (Å²) >= 11 is 0. The van der Waals surface area contributed by atoms with Crippen LogP contribution in [0.1, 0.15) is 50.0 Å². The number of amides is 1. The van der Waals surface area contributed by atoms with Crippen molar-refractivity contribution in [3.05, 3.63) is 88.6 Å². The van der Waals surface area contributed by atoms with Crippen LogP contribution in [0, 0.1) is 0 Å². The molecule has 0 spiro atoms. The zero-order valence-corrected chi connectivity index (χ0v) is 19.0. The van der Waals surface area contributed by atoms with Crippen molar-refractivity contribution >= 4 is 23.4 Å². The first-order valence-corrected chi connectivity index (χ1v) is 10.8. The molecule has 0 saturated carbocycles. The standard InChI is InChI=1S/C25H24F2N4O4/c1-15(18-6-8-19(9-7-18)24(34)35)28-22(33)20-21(25(2,26)27)29-31-11-10-30(23(20)31)13-16-4-3-5-17(12-16)14-32/h3-9,12,32H,1,10-11,13-14H2,2H3,(H,28,33)(H,34,35). The van der Waals surface area contributed by atoms with Crippen molar-refractivity contribution in [2.24, 2.45) is 0 Å². The summed E-state index contributed by atoms with van der Waals surface area (Å²) in [5.74, 6) is -4.97. The topological polar surface area (TPSA) is 108 Å². The van der Waals surface area contributed by atoms with Crippen LogP contribution >= 0.6 is 0 Å². The first-order valence-electron chi connectivity index (χ1n) is 10.8. The van der Waals surface area contributed by atoms with E-state index in [0.29, 0.717) is 32.1 Å². The molecule has 1 aromatic heterocycles. The molecule has 35 heavy (non-hydrogen) atoms. The molecule has 3 N–H and O–H groups in total. The highest BCUT2D eigenvalue weighted by molar-refractivity contribution is 6.04. The van der Waals surface area contributed by atoms with Gasteiger partial charge in [0.1, 0.15) is 17.1 Å². The van der Waals surface area contributed by atoms with E-state index in [-0.39, 0.29) is 29.2 Å². The molecule has 0 bridgehead atoms. The number of carboxylic acid groups (broad SMARTS) is 1. The maximum Gasteiger partial charge on any atom is 0.335 e. The van der Waals surface area contributed by atoms with Gasteiger partial charge in [-0.3, -0.25) is 4.79 Å². The predicted molar refractivity (Wildman–Crippen MR) is 125 cm³/mol. The zero-order chi connectivity index (χ0) is 25.3. The first-order chi connectivity index (χ1) is 16.6. The van der Waals surface area contributed by atoms with Crippen molar-refractivity contribution < 1.29 is 28.6 Å². The summed E-state index contributed by atoms with van der Waals surface area (Å²) in [5, 5.41) is 25.1. The summed E-state index contributed by atoms with van der Waals surface area (Å²) in [4.78, 5) is 26.1. The quantitative estimate of drug-likeness (QED) is 0.453. The Labute approximate surface area is 200 Å². The third-order valence-electron chi connectivity index (χ3n) is 5.74. The molecule has 3 aromatic rings. The molecule has 1 amide bonds. The van der Waals surface area contributed by atoms with Crippen LogP contribution in [-0.2, 0) is 25.6 Å². The number of fused-ring (bicyclic) bond motifs is 1. The largest absolute Gasteiger partial charge is 0.478 e. The number of hydrogen-bond donors (Lipinski definition) is 3. The van der Waals surface area contributed by atoms with E-state index in [2.05, 4.69) is 17.0 Å². The van der Waals surface area contributed by atoms with Gasteiger partial charge in [0, 0.05) is 25.7 Å². The lowest BCUT2D eigenvalue weighted by atomic mass is 10.1. The van der Waals surface area contributed by atoms with Gasteiger partial charge in [0.2, 0.25) is 0 Å². The van der Waals surface area contributed by atoms with Gasteiger partial charge in [-0.1, -0.05) is 43.0 Å². The summed E-state index contributed by atoms with van der Waals surface area (Å²) in [7, 11) is 0. The van der Waals surface area contributed by atoms with E-state index in [4.69, 9.17) is 5.11 Å². The molecule has 4 rings (SSSR count). The SMILES string of the molecule is C=C(NC(=O)c1c(C(C)(F)F)nn2c1N(Cc1cccc(CO)c1)CC2)c1ccc(C(=O)O)cc1. The summed E-state index contributed by atoms with van der Waals surface area (Å²) < 4.78 is 30.4. The number of halogens is 2. The molecule has 8 nitrogen and oxygen atoms in total. The Morgan fingerprint density at radius 1 is 1.11 bits per heavy atom.